The molecule has 1 atom stereocenters. The molecule has 1 amide bonds. The molecule has 1 aliphatic heterocycles. The molecule has 0 aliphatic carbocycles. The van der Waals surface area contributed by atoms with Gasteiger partial charge in [0.1, 0.15) is 5.75 Å². The minimum atomic E-state index is -2.47. The predicted octanol–water partition coefficient (Wildman–Crippen LogP) is 3.79. The average molecular weight is 360 g/mol. The first-order valence-corrected chi connectivity index (χ1v) is 8.74. The van der Waals surface area contributed by atoms with E-state index in [0.29, 0.717) is 18.9 Å². The number of hydrogen-bond acceptors (Lipinski definition) is 3. The molecule has 0 bridgehead atoms. The number of nitrogens with one attached hydrogen (secondary N) is 1. The molecule has 3 rings (SSSR count). The highest BCUT2D eigenvalue weighted by molar-refractivity contribution is 5.95. The third-order valence-corrected chi connectivity index (χ3v) is 4.34. The van der Waals surface area contributed by atoms with Crippen LogP contribution in [0.5, 0.6) is 5.75 Å². The molecular formula is C20H22F2N2O2. The maximum absolute atomic E-state index is 13.0. The van der Waals surface area contributed by atoms with Crippen LogP contribution in [-0.2, 0) is 4.79 Å². The summed E-state index contributed by atoms with van der Waals surface area (Å²) in [5.74, 6) is 0.564. The maximum Gasteiger partial charge on any atom is 0.250 e. The normalized spacial score (nSPS) is 15.1. The summed E-state index contributed by atoms with van der Waals surface area (Å²) in [6.07, 6.45) is -1.64. The van der Waals surface area contributed by atoms with Crippen molar-refractivity contribution in [2.45, 2.75) is 25.3 Å². The Hall–Kier alpha value is -2.47. The molecule has 0 spiro atoms. The lowest BCUT2D eigenvalue weighted by Crippen LogP contribution is -2.36. The summed E-state index contributed by atoms with van der Waals surface area (Å²) < 4.78 is 31.0. The molecule has 26 heavy (non-hydrogen) atoms. The Morgan fingerprint density at radius 2 is 1.85 bits per heavy atom. The Labute approximate surface area is 151 Å². The molecule has 1 aliphatic rings. The van der Waals surface area contributed by atoms with Gasteiger partial charge < -0.3 is 15.0 Å². The Bertz CT molecular complexity index is 725. The molecule has 6 heteroatoms. The first kappa shape index (κ1) is 18.3. The van der Waals surface area contributed by atoms with Gasteiger partial charge in [-0.3, -0.25) is 4.79 Å². The highest BCUT2D eigenvalue weighted by Crippen LogP contribution is 2.32. The van der Waals surface area contributed by atoms with Crippen molar-refractivity contribution >= 4 is 11.6 Å². The third kappa shape index (κ3) is 4.58. The molecular weight excluding hydrogens is 338 g/mol. The highest BCUT2D eigenvalue weighted by atomic mass is 19.3. The second-order valence-corrected chi connectivity index (χ2v) is 6.18. The van der Waals surface area contributed by atoms with E-state index < -0.39 is 19.0 Å². The van der Waals surface area contributed by atoms with Gasteiger partial charge in [-0.25, -0.2) is 8.78 Å². The fourth-order valence-electron chi connectivity index (χ4n) is 3.10. The van der Waals surface area contributed by atoms with Crippen molar-refractivity contribution < 1.29 is 18.3 Å². The van der Waals surface area contributed by atoms with Crippen LogP contribution in [0.4, 0.5) is 14.5 Å². The van der Waals surface area contributed by atoms with Crippen molar-refractivity contribution in [3.63, 3.8) is 0 Å². The summed E-state index contributed by atoms with van der Waals surface area (Å²) >= 11 is 0. The van der Waals surface area contributed by atoms with Gasteiger partial charge >= 0.3 is 0 Å². The van der Waals surface area contributed by atoms with Gasteiger partial charge in [0.2, 0.25) is 5.91 Å². The molecule has 0 radical (unpaired) electrons. The fourth-order valence-corrected chi connectivity index (χ4v) is 3.10. The topological polar surface area (TPSA) is 41.6 Å². The number of hydrogen-bond donors (Lipinski definition) is 1. The molecule has 1 N–H and O–H groups in total. The standard InChI is InChI=1S/C20H22F2N2O2/c21-19(22)14-23-16(15-7-2-1-3-8-15)13-20(25)24-11-6-12-26-18-10-5-4-9-17(18)24/h1-5,7-10,16,19,23H,6,11-14H2/t16-/m0/s1. The second kappa shape index (κ2) is 8.76. The van der Waals surface area contributed by atoms with E-state index in [4.69, 9.17) is 4.74 Å². The molecule has 0 saturated carbocycles. The van der Waals surface area contributed by atoms with Crippen LogP contribution in [0.2, 0.25) is 0 Å². The molecule has 0 unspecified atom stereocenters. The van der Waals surface area contributed by atoms with E-state index in [2.05, 4.69) is 5.32 Å². The van der Waals surface area contributed by atoms with E-state index in [-0.39, 0.29) is 12.3 Å². The average Bonchev–Trinajstić information content (AvgIpc) is 2.88. The summed E-state index contributed by atoms with van der Waals surface area (Å²) in [5, 5.41) is 2.82. The van der Waals surface area contributed by atoms with E-state index in [0.717, 1.165) is 17.7 Å². The van der Waals surface area contributed by atoms with Crippen molar-refractivity contribution in [3.8, 4) is 5.75 Å². The van der Waals surface area contributed by atoms with Gasteiger partial charge in [-0.05, 0) is 24.1 Å². The Morgan fingerprint density at radius 1 is 1.12 bits per heavy atom. The molecule has 2 aromatic carbocycles. The quantitative estimate of drug-likeness (QED) is 0.852. The fraction of sp³-hybridized carbons (Fsp3) is 0.350. The Morgan fingerprint density at radius 3 is 2.62 bits per heavy atom. The molecule has 1 heterocycles. The molecule has 0 saturated heterocycles. The minimum absolute atomic E-state index is 0.102. The maximum atomic E-state index is 13.0. The summed E-state index contributed by atoms with van der Waals surface area (Å²) in [5.41, 5.74) is 1.55. The highest BCUT2D eigenvalue weighted by Gasteiger charge is 2.25. The SMILES string of the molecule is O=C(C[C@H](NCC(F)F)c1ccccc1)N1CCCOc2ccccc21. The van der Waals surface area contributed by atoms with Crippen LogP contribution in [0.3, 0.4) is 0 Å². The van der Waals surface area contributed by atoms with Gasteiger partial charge in [0.25, 0.3) is 6.43 Å². The number of halogens is 2. The lowest BCUT2D eigenvalue weighted by molar-refractivity contribution is -0.119. The minimum Gasteiger partial charge on any atom is -0.491 e. The number of carbonyl (C=O) groups excluding carboxylic acids is 1. The molecule has 138 valence electrons. The van der Waals surface area contributed by atoms with E-state index in [1.54, 1.807) is 4.90 Å². The summed E-state index contributed by atoms with van der Waals surface area (Å²) in [4.78, 5) is 14.7. The first-order valence-electron chi connectivity index (χ1n) is 8.74. The van der Waals surface area contributed by atoms with Gasteiger partial charge in [-0.1, -0.05) is 42.5 Å². The Balaban J connectivity index is 1.79. The van der Waals surface area contributed by atoms with Crippen molar-refractivity contribution in [2.75, 3.05) is 24.6 Å². The van der Waals surface area contributed by atoms with Crippen LogP contribution in [-0.4, -0.2) is 32.0 Å². The van der Waals surface area contributed by atoms with E-state index >= 15 is 0 Å². The van der Waals surface area contributed by atoms with Crippen molar-refractivity contribution in [1.82, 2.24) is 5.32 Å². The smallest absolute Gasteiger partial charge is 0.250 e. The molecule has 0 aromatic heterocycles. The van der Waals surface area contributed by atoms with Gasteiger partial charge in [0, 0.05) is 19.0 Å². The second-order valence-electron chi connectivity index (χ2n) is 6.18. The number of carbonyl (C=O) groups is 1. The van der Waals surface area contributed by atoms with Crippen molar-refractivity contribution in [2.24, 2.45) is 0 Å². The van der Waals surface area contributed by atoms with Crippen LogP contribution >= 0.6 is 0 Å². The largest absolute Gasteiger partial charge is 0.491 e. The van der Waals surface area contributed by atoms with E-state index in [9.17, 15) is 13.6 Å². The number of rotatable bonds is 6. The zero-order chi connectivity index (χ0) is 18.4. The Kier molecular flexibility index (Phi) is 6.17. The monoisotopic (exact) mass is 360 g/mol. The summed E-state index contributed by atoms with van der Waals surface area (Å²) in [7, 11) is 0. The van der Waals surface area contributed by atoms with Gasteiger partial charge in [-0.15, -0.1) is 0 Å². The molecule has 2 aromatic rings. The van der Waals surface area contributed by atoms with Crippen LogP contribution in [0.15, 0.2) is 54.6 Å². The molecule has 4 nitrogen and oxygen atoms in total. The number of ether oxygens (including phenoxy) is 1. The number of fused-ring (bicyclic) bond motifs is 1. The summed E-state index contributed by atoms with van der Waals surface area (Å²) in [6, 6.07) is 16.2. The van der Waals surface area contributed by atoms with Crippen LogP contribution in [0.25, 0.3) is 0 Å². The van der Waals surface area contributed by atoms with Crippen LogP contribution < -0.4 is 15.0 Å². The predicted molar refractivity (Wildman–Crippen MR) is 96.7 cm³/mol. The number of para-hydroxylation sites is 2. The zero-order valence-electron chi connectivity index (χ0n) is 14.4. The van der Waals surface area contributed by atoms with E-state index in [1.807, 2.05) is 54.6 Å². The third-order valence-electron chi connectivity index (χ3n) is 4.34. The van der Waals surface area contributed by atoms with Crippen LogP contribution in [0, 0.1) is 0 Å². The zero-order valence-corrected chi connectivity index (χ0v) is 14.4. The number of benzene rings is 2. The number of nitrogens with zero attached hydrogens (tertiary/aromatic N) is 1. The lowest BCUT2D eigenvalue weighted by Gasteiger charge is -2.25. The van der Waals surface area contributed by atoms with E-state index in [1.165, 1.54) is 0 Å². The first-order chi connectivity index (χ1) is 12.6. The summed E-state index contributed by atoms with van der Waals surface area (Å²) in [6.45, 7) is 0.644. The number of anilines is 1. The van der Waals surface area contributed by atoms with Crippen molar-refractivity contribution in [1.29, 1.82) is 0 Å². The van der Waals surface area contributed by atoms with Gasteiger partial charge in [0.05, 0.1) is 18.8 Å². The van der Waals surface area contributed by atoms with Crippen LogP contribution in [0.1, 0.15) is 24.4 Å². The van der Waals surface area contributed by atoms with Crippen molar-refractivity contribution in [3.05, 3.63) is 60.2 Å². The number of alkyl halides is 2. The number of amides is 1. The van der Waals surface area contributed by atoms with Gasteiger partial charge in [-0.2, -0.15) is 0 Å². The van der Waals surface area contributed by atoms with Gasteiger partial charge in [0.15, 0.2) is 0 Å². The molecule has 0 fully saturated rings. The lowest BCUT2D eigenvalue weighted by atomic mass is 10.0.